The molecule has 0 saturated carbocycles. The van der Waals surface area contributed by atoms with Crippen LogP contribution in [0.3, 0.4) is 0 Å². The maximum atomic E-state index is 5.57. The van der Waals surface area contributed by atoms with E-state index >= 15 is 0 Å². The zero-order chi connectivity index (χ0) is 11.5. The molecule has 0 aliphatic rings. The molecule has 0 fully saturated rings. The summed E-state index contributed by atoms with van der Waals surface area (Å²) in [6.07, 6.45) is 1.63. The zero-order valence-electron chi connectivity index (χ0n) is 8.87. The fraction of sp³-hybridized carbons (Fsp3) is 0.0833. The van der Waals surface area contributed by atoms with Gasteiger partial charge in [-0.2, -0.15) is 0 Å². The first-order valence-electron chi connectivity index (χ1n) is 4.90. The summed E-state index contributed by atoms with van der Waals surface area (Å²) in [7, 11) is 0. The average molecular weight is 278 g/mol. The van der Waals surface area contributed by atoms with Crippen LogP contribution in [0.1, 0.15) is 5.56 Å². The number of pyridine rings is 1. The fourth-order valence-corrected chi connectivity index (χ4v) is 1.72. The Morgan fingerprint density at radius 3 is 2.75 bits per heavy atom. The molecule has 4 heteroatoms. The molecule has 2 aromatic rings. The predicted octanol–water partition coefficient (Wildman–Crippen LogP) is 3.48. The summed E-state index contributed by atoms with van der Waals surface area (Å²) < 4.78 is 1.05. The molecule has 82 valence electrons. The average Bonchev–Trinajstić information content (AvgIpc) is 2.28. The summed E-state index contributed by atoms with van der Waals surface area (Å²) in [6.45, 7) is 2.05. The second-order valence-corrected chi connectivity index (χ2v) is 4.33. The quantitative estimate of drug-likeness (QED) is 0.884. The Hall–Kier alpha value is -1.55. The van der Waals surface area contributed by atoms with Crippen molar-refractivity contribution in [2.24, 2.45) is 0 Å². The molecule has 1 heterocycles. The molecule has 0 atom stereocenters. The lowest BCUT2D eigenvalue weighted by Crippen LogP contribution is -1.96. The first kappa shape index (κ1) is 11.0. The van der Waals surface area contributed by atoms with E-state index in [2.05, 4.69) is 26.2 Å². The van der Waals surface area contributed by atoms with Gasteiger partial charge < -0.3 is 11.1 Å². The molecule has 0 bridgehead atoms. The summed E-state index contributed by atoms with van der Waals surface area (Å²) in [5, 5.41) is 3.23. The fourth-order valence-electron chi connectivity index (χ4n) is 1.36. The molecule has 1 aromatic carbocycles. The minimum Gasteiger partial charge on any atom is -0.397 e. The monoisotopic (exact) mass is 277 g/mol. The van der Waals surface area contributed by atoms with Crippen LogP contribution in [0.4, 0.5) is 17.2 Å². The first-order valence-corrected chi connectivity index (χ1v) is 5.70. The van der Waals surface area contributed by atoms with Crippen molar-refractivity contribution in [1.29, 1.82) is 0 Å². The number of nitrogens with two attached hydrogens (primary N) is 1. The smallest absolute Gasteiger partial charge is 0.130 e. The first-order chi connectivity index (χ1) is 7.66. The van der Waals surface area contributed by atoms with Crippen molar-refractivity contribution >= 4 is 33.1 Å². The number of rotatable bonds is 2. The van der Waals surface area contributed by atoms with E-state index in [4.69, 9.17) is 5.73 Å². The zero-order valence-corrected chi connectivity index (χ0v) is 10.5. The highest BCUT2D eigenvalue weighted by atomic mass is 79.9. The highest BCUT2D eigenvalue weighted by Crippen LogP contribution is 2.27. The van der Waals surface area contributed by atoms with E-state index in [-0.39, 0.29) is 0 Å². The molecule has 0 spiro atoms. The van der Waals surface area contributed by atoms with E-state index < -0.39 is 0 Å². The molecule has 2 rings (SSSR count). The van der Waals surface area contributed by atoms with Crippen LogP contribution in [0, 0.1) is 6.92 Å². The molecule has 0 aliphatic heterocycles. The third-order valence-electron chi connectivity index (χ3n) is 2.24. The van der Waals surface area contributed by atoms with Gasteiger partial charge in [-0.1, -0.05) is 12.1 Å². The van der Waals surface area contributed by atoms with E-state index in [1.807, 2.05) is 37.3 Å². The number of anilines is 3. The van der Waals surface area contributed by atoms with E-state index in [1.165, 1.54) is 5.56 Å². The number of nitrogens with zero attached hydrogens (tertiary/aromatic N) is 1. The minimum atomic E-state index is 0.661. The molecule has 0 radical (unpaired) electrons. The molecular weight excluding hydrogens is 266 g/mol. The summed E-state index contributed by atoms with van der Waals surface area (Å²) in [5.74, 6) is 0.778. The number of aryl methyl sites for hydroxylation is 1. The van der Waals surface area contributed by atoms with E-state index in [0.29, 0.717) is 5.69 Å². The number of nitrogen functional groups attached to an aromatic ring is 1. The highest BCUT2D eigenvalue weighted by Gasteiger charge is 2.02. The molecule has 0 saturated heterocycles. The third-order valence-corrected chi connectivity index (χ3v) is 3.29. The third kappa shape index (κ3) is 2.33. The van der Waals surface area contributed by atoms with Crippen molar-refractivity contribution in [3.63, 3.8) is 0 Å². The highest BCUT2D eigenvalue weighted by molar-refractivity contribution is 9.10. The normalized spacial score (nSPS) is 10.1. The van der Waals surface area contributed by atoms with Gasteiger partial charge in [-0.15, -0.1) is 0 Å². The van der Waals surface area contributed by atoms with Gasteiger partial charge in [0, 0.05) is 4.47 Å². The van der Waals surface area contributed by atoms with Crippen molar-refractivity contribution in [3.8, 4) is 0 Å². The van der Waals surface area contributed by atoms with Crippen molar-refractivity contribution in [2.75, 3.05) is 11.1 Å². The molecule has 0 aliphatic carbocycles. The van der Waals surface area contributed by atoms with Crippen LogP contribution in [0.25, 0.3) is 0 Å². The second kappa shape index (κ2) is 4.53. The van der Waals surface area contributed by atoms with Gasteiger partial charge in [0.05, 0.1) is 17.6 Å². The number of halogens is 1. The predicted molar refractivity (Wildman–Crippen MR) is 70.8 cm³/mol. The lowest BCUT2D eigenvalue weighted by atomic mass is 10.2. The topological polar surface area (TPSA) is 50.9 Å². The van der Waals surface area contributed by atoms with Gasteiger partial charge in [-0.25, -0.2) is 4.98 Å². The van der Waals surface area contributed by atoms with Crippen molar-refractivity contribution < 1.29 is 0 Å². The number of aromatic nitrogens is 1. The molecule has 0 amide bonds. The Kier molecular flexibility index (Phi) is 3.10. The van der Waals surface area contributed by atoms with Crippen LogP contribution >= 0.6 is 15.9 Å². The maximum Gasteiger partial charge on any atom is 0.130 e. The van der Waals surface area contributed by atoms with Crippen molar-refractivity contribution in [2.45, 2.75) is 6.92 Å². The number of nitrogens with one attached hydrogen (secondary N) is 1. The lowest BCUT2D eigenvalue weighted by Gasteiger charge is -2.09. The molecule has 0 unspecified atom stereocenters. The van der Waals surface area contributed by atoms with Gasteiger partial charge in [0.25, 0.3) is 0 Å². The number of hydrogen-bond acceptors (Lipinski definition) is 3. The van der Waals surface area contributed by atoms with Crippen LogP contribution in [0.15, 0.2) is 41.0 Å². The van der Waals surface area contributed by atoms with Crippen LogP contribution < -0.4 is 11.1 Å². The van der Waals surface area contributed by atoms with Gasteiger partial charge in [0.15, 0.2) is 0 Å². The Morgan fingerprint density at radius 1 is 1.25 bits per heavy atom. The second-order valence-electron chi connectivity index (χ2n) is 3.54. The SMILES string of the molecule is Cc1cccc(Nc2ccc(N)cn2)c1Br. The van der Waals surface area contributed by atoms with Crippen LogP contribution in [-0.2, 0) is 0 Å². The van der Waals surface area contributed by atoms with E-state index in [1.54, 1.807) is 6.20 Å². The molecule has 3 nitrogen and oxygen atoms in total. The van der Waals surface area contributed by atoms with Crippen molar-refractivity contribution in [3.05, 3.63) is 46.6 Å². The van der Waals surface area contributed by atoms with Gasteiger partial charge in [0.2, 0.25) is 0 Å². The molecule has 1 aromatic heterocycles. The maximum absolute atomic E-state index is 5.57. The minimum absolute atomic E-state index is 0.661. The van der Waals surface area contributed by atoms with Gasteiger partial charge in [-0.3, -0.25) is 0 Å². The Balaban J connectivity index is 2.27. The Morgan fingerprint density at radius 2 is 2.06 bits per heavy atom. The standard InChI is InChI=1S/C12H12BrN3/c1-8-3-2-4-10(12(8)13)16-11-6-5-9(14)7-15-11/h2-7H,14H2,1H3,(H,15,16). The van der Waals surface area contributed by atoms with Gasteiger partial charge in [0.1, 0.15) is 5.82 Å². The van der Waals surface area contributed by atoms with Crippen LogP contribution in [0.2, 0.25) is 0 Å². The van der Waals surface area contributed by atoms with Gasteiger partial charge >= 0.3 is 0 Å². The van der Waals surface area contributed by atoms with Crippen LogP contribution in [-0.4, -0.2) is 4.98 Å². The number of benzene rings is 1. The Labute approximate surface area is 103 Å². The van der Waals surface area contributed by atoms with E-state index in [9.17, 15) is 0 Å². The summed E-state index contributed by atoms with van der Waals surface area (Å²) >= 11 is 3.54. The molecule has 3 N–H and O–H groups in total. The molecular formula is C12H12BrN3. The summed E-state index contributed by atoms with van der Waals surface area (Å²) in [5.41, 5.74) is 8.41. The lowest BCUT2D eigenvalue weighted by molar-refractivity contribution is 1.30. The summed E-state index contributed by atoms with van der Waals surface area (Å²) in [6, 6.07) is 9.71. The van der Waals surface area contributed by atoms with Crippen molar-refractivity contribution in [1.82, 2.24) is 4.98 Å². The van der Waals surface area contributed by atoms with Crippen LogP contribution in [0.5, 0.6) is 0 Å². The summed E-state index contributed by atoms with van der Waals surface area (Å²) in [4.78, 5) is 4.19. The Bertz CT molecular complexity index is 494. The van der Waals surface area contributed by atoms with E-state index in [0.717, 1.165) is 16.0 Å². The number of hydrogen-bond donors (Lipinski definition) is 2. The largest absolute Gasteiger partial charge is 0.397 e. The van der Waals surface area contributed by atoms with Gasteiger partial charge in [-0.05, 0) is 46.6 Å². The molecule has 16 heavy (non-hydrogen) atoms.